The second kappa shape index (κ2) is 10.3. The van der Waals surface area contributed by atoms with Crippen LogP contribution < -0.4 is 11.2 Å². The summed E-state index contributed by atoms with van der Waals surface area (Å²) < 4.78 is 6.84. The summed E-state index contributed by atoms with van der Waals surface area (Å²) >= 11 is 7.24. The maximum absolute atomic E-state index is 12.3. The molecular weight excluding hydrogens is 410 g/mol. The molecule has 0 aliphatic carbocycles. The fourth-order valence-electron chi connectivity index (χ4n) is 2.66. The molecule has 0 saturated carbocycles. The summed E-state index contributed by atoms with van der Waals surface area (Å²) in [5.74, 6) is 6.63. The number of nitrogens with one attached hydrogen (secondary N) is 1. The van der Waals surface area contributed by atoms with E-state index in [-0.39, 0.29) is 11.7 Å². The number of ether oxygens (including phenoxy) is 1. The number of carbonyl (C=O) groups excluding carboxylic acids is 1. The van der Waals surface area contributed by atoms with Crippen molar-refractivity contribution >= 4 is 29.3 Å². The molecule has 0 radical (unpaired) electrons. The predicted molar refractivity (Wildman–Crippen MR) is 115 cm³/mol. The Balaban J connectivity index is 1.55. The van der Waals surface area contributed by atoms with Gasteiger partial charge in [-0.05, 0) is 30.2 Å². The molecule has 0 saturated heterocycles. The third-order valence-corrected chi connectivity index (χ3v) is 5.31. The number of hydrogen-bond donors (Lipinski definition) is 2. The molecule has 3 rings (SSSR count). The van der Waals surface area contributed by atoms with Gasteiger partial charge in [0, 0.05) is 23.7 Å². The minimum Gasteiger partial charge on any atom is -0.377 e. The molecule has 1 heterocycles. The van der Waals surface area contributed by atoms with Gasteiger partial charge in [0.15, 0.2) is 5.82 Å². The average molecular weight is 432 g/mol. The van der Waals surface area contributed by atoms with Crippen molar-refractivity contribution in [2.24, 2.45) is 0 Å². The Labute approximate surface area is 178 Å². The molecule has 0 atom stereocenters. The van der Waals surface area contributed by atoms with Crippen molar-refractivity contribution < 1.29 is 9.53 Å². The van der Waals surface area contributed by atoms with E-state index in [9.17, 15) is 4.79 Å². The lowest BCUT2D eigenvalue weighted by Gasteiger charge is -2.10. The number of benzene rings is 2. The van der Waals surface area contributed by atoms with Crippen molar-refractivity contribution in [3.05, 3.63) is 64.7 Å². The second-order valence-electron chi connectivity index (χ2n) is 6.16. The molecule has 9 heteroatoms. The normalized spacial score (nSPS) is 10.8. The van der Waals surface area contributed by atoms with Gasteiger partial charge in [0.05, 0.1) is 12.4 Å². The van der Waals surface area contributed by atoms with Crippen LogP contribution in [0, 0.1) is 0 Å². The smallest absolute Gasteiger partial charge is 0.230 e. The first-order valence-corrected chi connectivity index (χ1v) is 10.4. The number of nitrogen functional groups attached to an aromatic ring is 1. The summed E-state index contributed by atoms with van der Waals surface area (Å²) in [4.78, 5) is 12.3. The quantitative estimate of drug-likeness (QED) is 0.399. The molecule has 3 N–H and O–H groups in total. The lowest BCUT2D eigenvalue weighted by Crippen LogP contribution is -2.25. The van der Waals surface area contributed by atoms with E-state index in [0.29, 0.717) is 35.8 Å². The number of nitrogens with zero attached hydrogens (tertiary/aromatic N) is 3. The van der Waals surface area contributed by atoms with Crippen LogP contribution in [0.5, 0.6) is 0 Å². The molecule has 2 aromatic carbocycles. The highest BCUT2D eigenvalue weighted by molar-refractivity contribution is 7.99. The first kappa shape index (κ1) is 21.2. The summed E-state index contributed by atoms with van der Waals surface area (Å²) in [5, 5.41) is 12.1. The SMILES string of the molecule is CCOCc1ccccc1CNC(=O)CSc1nnc(-c2cccc(Cl)c2)n1N. The van der Waals surface area contributed by atoms with Crippen LogP contribution in [0.2, 0.25) is 5.02 Å². The molecule has 0 aliphatic rings. The van der Waals surface area contributed by atoms with Crippen molar-refractivity contribution in [1.82, 2.24) is 20.2 Å². The van der Waals surface area contributed by atoms with Gasteiger partial charge in [0.25, 0.3) is 0 Å². The van der Waals surface area contributed by atoms with Crippen LogP contribution in [-0.2, 0) is 22.7 Å². The number of rotatable bonds is 9. The Morgan fingerprint density at radius 2 is 2.00 bits per heavy atom. The maximum atomic E-state index is 12.3. The molecule has 152 valence electrons. The van der Waals surface area contributed by atoms with Gasteiger partial charge in [-0.25, -0.2) is 4.68 Å². The van der Waals surface area contributed by atoms with Gasteiger partial charge >= 0.3 is 0 Å². The Morgan fingerprint density at radius 1 is 1.21 bits per heavy atom. The molecule has 1 amide bonds. The molecule has 0 spiro atoms. The minimum atomic E-state index is -0.117. The predicted octanol–water partition coefficient (Wildman–Crippen LogP) is 3.26. The van der Waals surface area contributed by atoms with Crippen LogP contribution in [0.1, 0.15) is 18.1 Å². The van der Waals surface area contributed by atoms with Gasteiger partial charge in [0.2, 0.25) is 11.1 Å². The standard InChI is InChI=1S/C20H22ClN5O2S/c1-2-28-12-16-7-4-3-6-15(16)11-23-18(27)13-29-20-25-24-19(26(20)22)14-8-5-9-17(21)10-14/h3-10H,2,11-13,22H2,1H3,(H,23,27). The van der Waals surface area contributed by atoms with Gasteiger partial charge in [-0.15, -0.1) is 10.2 Å². The van der Waals surface area contributed by atoms with E-state index < -0.39 is 0 Å². The number of carbonyl (C=O) groups is 1. The monoisotopic (exact) mass is 431 g/mol. The molecule has 29 heavy (non-hydrogen) atoms. The summed E-state index contributed by atoms with van der Waals surface area (Å²) in [6.07, 6.45) is 0. The van der Waals surface area contributed by atoms with E-state index in [1.807, 2.05) is 43.3 Å². The Hall–Kier alpha value is -2.55. The maximum Gasteiger partial charge on any atom is 0.230 e. The van der Waals surface area contributed by atoms with Gasteiger partial charge < -0.3 is 15.9 Å². The van der Waals surface area contributed by atoms with Crippen molar-refractivity contribution in [2.45, 2.75) is 25.2 Å². The van der Waals surface area contributed by atoms with Crippen molar-refractivity contribution in [2.75, 3.05) is 18.2 Å². The number of thioether (sulfide) groups is 1. The van der Waals surface area contributed by atoms with Crippen LogP contribution >= 0.6 is 23.4 Å². The van der Waals surface area contributed by atoms with Crippen molar-refractivity contribution in [3.8, 4) is 11.4 Å². The highest BCUT2D eigenvalue weighted by Crippen LogP contribution is 2.23. The van der Waals surface area contributed by atoms with E-state index in [1.54, 1.807) is 12.1 Å². The molecule has 0 unspecified atom stereocenters. The summed E-state index contributed by atoms with van der Waals surface area (Å²) in [6.45, 7) is 3.56. The number of halogens is 1. The van der Waals surface area contributed by atoms with Gasteiger partial charge in [-0.3, -0.25) is 4.79 Å². The van der Waals surface area contributed by atoms with E-state index in [0.717, 1.165) is 16.7 Å². The zero-order valence-corrected chi connectivity index (χ0v) is 17.5. The first-order chi connectivity index (χ1) is 14.1. The molecule has 0 aliphatic heterocycles. The van der Waals surface area contributed by atoms with Crippen LogP contribution in [0.25, 0.3) is 11.4 Å². The Morgan fingerprint density at radius 3 is 2.76 bits per heavy atom. The highest BCUT2D eigenvalue weighted by atomic mass is 35.5. The summed E-state index contributed by atoms with van der Waals surface area (Å²) in [7, 11) is 0. The van der Waals surface area contributed by atoms with Gasteiger partial charge in [0.1, 0.15) is 0 Å². The van der Waals surface area contributed by atoms with E-state index in [4.69, 9.17) is 22.2 Å². The van der Waals surface area contributed by atoms with Crippen molar-refractivity contribution in [3.63, 3.8) is 0 Å². The third-order valence-electron chi connectivity index (χ3n) is 4.14. The summed E-state index contributed by atoms with van der Waals surface area (Å²) in [6, 6.07) is 15.1. The second-order valence-corrected chi connectivity index (χ2v) is 7.54. The van der Waals surface area contributed by atoms with E-state index in [1.165, 1.54) is 16.4 Å². The van der Waals surface area contributed by atoms with Gasteiger partial charge in [-0.1, -0.05) is 59.8 Å². The Kier molecular flexibility index (Phi) is 7.51. The highest BCUT2D eigenvalue weighted by Gasteiger charge is 2.14. The van der Waals surface area contributed by atoms with Crippen molar-refractivity contribution in [1.29, 1.82) is 0 Å². The molecular formula is C20H22ClN5O2S. The van der Waals surface area contributed by atoms with E-state index in [2.05, 4.69) is 15.5 Å². The fourth-order valence-corrected chi connectivity index (χ4v) is 3.53. The molecule has 0 fully saturated rings. The number of amides is 1. The molecule has 3 aromatic rings. The summed E-state index contributed by atoms with van der Waals surface area (Å²) in [5.41, 5.74) is 2.86. The van der Waals surface area contributed by atoms with Crippen LogP contribution in [0.3, 0.4) is 0 Å². The lowest BCUT2D eigenvalue weighted by molar-refractivity contribution is -0.118. The zero-order valence-electron chi connectivity index (χ0n) is 16.0. The van der Waals surface area contributed by atoms with Crippen LogP contribution in [0.4, 0.5) is 0 Å². The topological polar surface area (TPSA) is 95.1 Å². The third kappa shape index (κ3) is 5.72. The van der Waals surface area contributed by atoms with Crippen LogP contribution in [-0.4, -0.2) is 33.1 Å². The Bertz CT molecular complexity index is 979. The molecule has 1 aromatic heterocycles. The minimum absolute atomic E-state index is 0.117. The molecule has 7 nitrogen and oxygen atoms in total. The van der Waals surface area contributed by atoms with E-state index >= 15 is 0 Å². The zero-order chi connectivity index (χ0) is 20.6. The largest absolute Gasteiger partial charge is 0.377 e. The van der Waals surface area contributed by atoms with Gasteiger partial charge in [-0.2, -0.15) is 0 Å². The molecule has 0 bridgehead atoms. The average Bonchev–Trinajstić information content (AvgIpc) is 3.10. The van der Waals surface area contributed by atoms with Crippen LogP contribution in [0.15, 0.2) is 53.7 Å². The number of hydrogen-bond acceptors (Lipinski definition) is 6. The lowest BCUT2D eigenvalue weighted by atomic mass is 10.1. The number of nitrogens with two attached hydrogens (primary N) is 1. The number of aromatic nitrogens is 3. The fraction of sp³-hybridized carbons (Fsp3) is 0.250. The first-order valence-electron chi connectivity index (χ1n) is 9.09.